The number of nitrogens with one attached hydrogen (secondary N) is 2. The van der Waals surface area contributed by atoms with Crippen molar-refractivity contribution in [1.82, 2.24) is 0 Å². The Morgan fingerprint density at radius 3 is 2.16 bits per heavy atom. The van der Waals surface area contributed by atoms with Crippen molar-refractivity contribution in [2.24, 2.45) is 0 Å². The van der Waals surface area contributed by atoms with Crippen LogP contribution in [0.25, 0.3) is 0 Å². The molecule has 1 amide bonds. The number of nitro groups is 1. The Bertz CT molecular complexity index is 823. The van der Waals surface area contributed by atoms with Gasteiger partial charge in [0.05, 0.1) is 15.0 Å². The second-order valence-electron chi connectivity index (χ2n) is 4.42. The molecule has 0 bridgehead atoms. The number of anilines is 2. The number of rotatable bonds is 5. The van der Waals surface area contributed by atoms with Gasteiger partial charge in [0.15, 0.2) is 5.75 Å². The zero-order chi connectivity index (χ0) is 18.6. The Labute approximate surface area is 153 Å². The Kier molecular flexibility index (Phi) is 6.15. The van der Waals surface area contributed by atoms with Crippen LogP contribution in [0.4, 0.5) is 21.9 Å². The minimum atomic E-state index is -2.57. The minimum Gasteiger partial charge on any atom is -0.755 e. The average molecular weight is 405 g/mol. The van der Waals surface area contributed by atoms with Crippen molar-refractivity contribution in [3.05, 3.63) is 56.6 Å². The normalized spacial score (nSPS) is 11.5. The van der Waals surface area contributed by atoms with Gasteiger partial charge in [-0.15, -0.1) is 0 Å². The number of carbonyl (C=O) groups excluding carboxylic acids is 1. The first-order chi connectivity index (χ1) is 11.8. The van der Waals surface area contributed by atoms with E-state index in [1.807, 2.05) is 0 Å². The van der Waals surface area contributed by atoms with E-state index in [-0.39, 0.29) is 32.9 Å². The highest BCUT2D eigenvalue weighted by molar-refractivity contribution is 7.80. The molecule has 25 heavy (non-hydrogen) atoms. The van der Waals surface area contributed by atoms with Crippen molar-refractivity contribution in [3.63, 3.8) is 0 Å². The number of benzene rings is 2. The SMILES string of the molecule is O=C(Nc1ccc([N+](=O)[O-])cc1)Oc1c(Cl)cc(NS(=O)[O-])cc1Cl. The topological polar surface area (TPSA) is 134 Å². The van der Waals surface area contributed by atoms with Crippen LogP contribution < -0.4 is 14.8 Å². The second kappa shape index (κ2) is 8.12. The number of amides is 1. The summed E-state index contributed by atoms with van der Waals surface area (Å²) in [6.07, 6.45) is -0.939. The van der Waals surface area contributed by atoms with Gasteiger partial charge in [-0.3, -0.25) is 19.6 Å². The third-order valence-corrected chi connectivity index (χ3v) is 3.68. The number of nitrogens with zero attached hydrogens (tertiary/aromatic N) is 1. The van der Waals surface area contributed by atoms with E-state index in [1.165, 1.54) is 36.4 Å². The van der Waals surface area contributed by atoms with Crippen molar-refractivity contribution >= 4 is 57.6 Å². The van der Waals surface area contributed by atoms with E-state index in [0.717, 1.165) is 0 Å². The molecule has 0 aliphatic rings. The lowest BCUT2D eigenvalue weighted by Gasteiger charge is -2.13. The van der Waals surface area contributed by atoms with Crippen LogP contribution in [0.1, 0.15) is 0 Å². The summed E-state index contributed by atoms with van der Waals surface area (Å²) < 4.78 is 28.2. The quantitative estimate of drug-likeness (QED) is 0.442. The van der Waals surface area contributed by atoms with E-state index < -0.39 is 22.3 Å². The van der Waals surface area contributed by atoms with E-state index in [0.29, 0.717) is 0 Å². The van der Waals surface area contributed by atoms with E-state index in [4.69, 9.17) is 27.9 Å². The highest BCUT2D eigenvalue weighted by Gasteiger charge is 2.15. The van der Waals surface area contributed by atoms with Crippen LogP contribution in [-0.4, -0.2) is 19.8 Å². The van der Waals surface area contributed by atoms with E-state index >= 15 is 0 Å². The third kappa shape index (κ3) is 5.29. The lowest BCUT2D eigenvalue weighted by Crippen LogP contribution is -2.17. The van der Waals surface area contributed by atoms with Gasteiger partial charge in [0, 0.05) is 34.8 Å². The molecule has 0 fully saturated rings. The molecule has 0 aromatic heterocycles. The molecule has 0 aliphatic carbocycles. The fraction of sp³-hybridized carbons (Fsp3) is 0. The van der Waals surface area contributed by atoms with Crippen LogP contribution in [0.2, 0.25) is 10.0 Å². The lowest BCUT2D eigenvalue weighted by molar-refractivity contribution is -0.384. The van der Waals surface area contributed by atoms with Gasteiger partial charge in [0.25, 0.3) is 5.69 Å². The van der Waals surface area contributed by atoms with Gasteiger partial charge in [0.2, 0.25) is 0 Å². The van der Waals surface area contributed by atoms with Crippen molar-refractivity contribution in [3.8, 4) is 5.75 Å². The van der Waals surface area contributed by atoms with Gasteiger partial charge in [-0.1, -0.05) is 23.2 Å². The molecule has 0 heterocycles. The molecule has 2 N–H and O–H groups in total. The van der Waals surface area contributed by atoms with Crippen LogP contribution in [0.15, 0.2) is 36.4 Å². The molecule has 0 saturated carbocycles. The molecule has 1 atom stereocenters. The zero-order valence-corrected chi connectivity index (χ0v) is 14.4. The predicted octanol–water partition coefficient (Wildman–Crippen LogP) is 3.72. The zero-order valence-electron chi connectivity index (χ0n) is 12.0. The predicted molar refractivity (Wildman–Crippen MR) is 91.7 cm³/mol. The summed E-state index contributed by atoms with van der Waals surface area (Å²) in [6.45, 7) is 0. The molecule has 12 heteroatoms. The number of halogens is 2. The number of carbonyl (C=O) groups is 1. The molecule has 9 nitrogen and oxygen atoms in total. The van der Waals surface area contributed by atoms with Crippen LogP contribution in [0, 0.1) is 10.1 Å². The van der Waals surface area contributed by atoms with E-state index in [1.54, 1.807) is 0 Å². The highest BCUT2D eigenvalue weighted by atomic mass is 35.5. The molecular weight excluding hydrogens is 397 g/mol. The summed E-state index contributed by atoms with van der Waals surface area (Å²) in [4.78, 5) is 21.9. The molecule has 2 rings (SSSR count). The van der Waals surface area contributed by atoms with Crippen LogP contribution in [0.5, 0.6) is 5.75 Å². The van der Waals surface area contributed by atoms with Gasteiger partial charge in [-0.05, 0) is 24.3 Å². The largest absolute Gasteiger partial charge is 0.755 e. The Hall–Kier alpha value is -2.40. The summed E-state index contributed by atoms with van der Waals surface area (Å²) >= 11 is 9.26. The van der Waals surface area contributed by atoms with Crippen molar-refractivity contribution in [2.75, 3.05) is 10.0 Å². The fourth-order valence-electron chi connectivity index (χ4n) is 1.72. The number of ether oxygens (including phenoxy) is 1. The van der Waals surface area contributed by atoms with Crippen LogP contribution in [-0.2, 0) is 11.3 Å². The number of non-ortho nitro benzene ring substituents is 1. The first-order valence-electron chi connectivity index (χ1n) is 6.34. The van der Waals surface area contributed by atoms with Crippen molar-refractivity contribution in [2.45, 2.75) is 0 Å². The summed E-state index contributed by atoms with van der Waals surface area (Å²) in [5.74, 6) is -0.176. The number of hydrogen-bond donors (Lipinski definition) is 2. The number of nitro benzene ring substituents is 1. The number of hydrogen-bond acceptors (Lipinski definition) is 6. The molecule has 132 valence electrons. The summed E-state index contributed by atoms with van der Waals surface area (Å²) in [5, 5.41) is 12.7. The van der Waals surface area contributed by atoms with Crippen LogP contribution in [0.3, 0.4) is 0 Å². The fourth-order valence-corrected chi connectivity index (χ4v) is 2.59. The highest BCUT2D eigenvalue weighted by Crippen LogP contribution is 2.36. The maximum absolute atomic E-state index is 11.9. The lowest BCUT2D eigenvalue weighted by atomic mass is 10.3. The first kappa shape index (κ1) is 18.9. The van der Waals surface area contributed by atoms with Gasteiger partial charge in [0.1, 0.15) is 0 Å². The molecular formula is C13H8Cl2N3O6S-. The minimum absolute atomic E-state index is 0.0893. The summed E-state index contributed by atoms with van der Waals surface area (Å²) in [7, 11) is 0. The van der Waals surface area contributed by atoms with Gasteiger partial charge >= 0.3 is 6.09 Å². The maximum Gasteiger partial charge on any atom is 0.417 e. The standard InChI is InChI=1S/C13H9Cl2N3O6S/c14-10-5-8(17-25(22)23)6-11(15)12(10)24-13(19)16-7-1-3-9(4-2-7)18(20)21/h1-6,17H,(H,16,19)(H,22,23)/p-1. The van der Waals surface area contributed by atoms with Gasteiger partial charge in [-0.2, -0.15) is 0 Å². The smallest absolute Gasteiger partial charge is 0.417 e. The van der Waals surface area contributed by atoms with Crippen molar-refractivity contribution in [1.29, 1.82) is 0 Å². The summed E-state index contributed by atoms with van der Waals surface area (Å²) in [5.41, 5.74) is 0.207. The summed E-state index contributed by atoms with van der Waals surface area (Å²) in [6, 6.07) is 7.46. The first-order valence-corrected chi connectivity index (χ1v) is 8.17. The molecule has 0 radical (unpaired) electrons. The average Bonchev–Trinajstić information content (AvgIpc) is 2.51. The monoisotopic (exact) mass is 404 g/mol. The Morgan fingerprint density at radius 2 is 1.68 bits per heavy atom. The maximum atomic E-state index is 11.9. The Balaban J connectivity index is 2.09. The molecule has 0 saturated heterocycles. The second-order valence-corrected chi connectivity index (χ2v) is 5.91. The molecule has 2 aromatic carbocycles. The Morgan fingerprint density at radius 1 is 1.12 bits per heavy atom. The molecule has 0 aliphatic heterocycles. The van der Waals surface area contributed by atoms with Crippen molar-refractivity contribution < 1.29 is 23.2 Å². The van der Waals surface area contributed by atoms with E-state index in [9.17, 15) is 23.7 Å². The molecule has 1 unspecified atom stereocenters. The van der Waals surface area contributed by atoms with E-state index in [2.05, 4.69) is 10.0 Å². The van der Waals surface area contributed by atoms with Gasteiger partial charge in [-0.25, -0.2) is 4.79 Å². The third-order valence-electron chi connectivity index (χ3n) is 2.72. The molecule has 2 aromatic rings. The molecule has 0 spiro atoms. The van der Waals surface area contributed by atoms with Crippen LogP contribution >= 0.6 is 23.2 Å². The van der Waals surface area contributed by atoms with Gasteiger partial charge < -0.3 is 14.0 Å².